The fourth-order valence-corrected chi connectivity index (χ4v) is 5.24. The number of esters is 2. The summed E-state index contributed by atoms with van der Waals surface area (Å²) in [5.74, 6) is -1.78. The van der Waals surface area contributed by atoms with Gasteiger partial charge in [-0.25, -0.2) is 0 Å². The Labute approximate surface area is 299 Å². The number of hydrogen-bond donors (Lipinski definition) is 0. The number of hydrogen-bond acceptors (Lipinski definition) is 7. The highest BCUT2D eigenvalue weighted by atomic mass is 16.6. The molecule has 0 aliphatic carbocycles. The van der Waals surface area contributed by atoms with Crippen LogP contribution in [0.4, 0.5) is 0 Å². The Balaban J connectivity index is 4.47. The minimum atomic E-state index is -1.13. The topological polar surface area (TPSA) is 102 Å². The van der Waals surface area contributed by atoms with Crippen LogP contribution in [0.1, 0.15) is 142 Å². The summed E-state index contributed by atoms with van der Waals surface area (Å²) in [6, 6.07) is -0.729. The lowest BCUT2D eigenvalue weighted by Gasteiger charge is -2.34. The number of quaternary nitrogens is 1. The van der Waals surface area contributed by atoms with E-state index in [4.69, 9.17) is 14.2 Å². The lowest BCUT2D eigenvalue weighted by Crippen LogP contribution is -2.55. The lowest BCUT2D eigenvalue weighted by atomic mass is 10.1. The van der Waals surface area contributed by atoms with Gasteiger partial charge in [-0.1, -0.05) is 114 Å². The molecule has 0 saturated heterocycles. The highest BCUT2D eigenvalue weighted by molar-refractivity contribution is 5.70. The molecule has 0 aromatic carbocycles. The number of aliphatic carboxylic acids is 1. The molecular weight excluding hydrogens is 618 g/mol. The summed E-state index contributed by atoms with van der Waals surface area (Å²) in [5.41, 5.74) is 0. The summed E-state index contributed by atoms with van der Waals surface area (Å²) in [4.78, 5) is 36.6. The van der Waals surface area contributed by atoms with E-state index in [1.54, 1.807) is 21.1 Å². The van der Waals surface area contributed by atoms with Crippen molar-refractivity contribution in [1.29, 1.82) is 0 Å². The highest BCUT2D eigenvalue weighted by Crippen LogP contribution is 2.12. The average molecular weight is 690 g/mol. The van der Waals surface area contributed by atoms with Gasteiger partial charge in [0.25, 0.3) is 0 Å². The van der Waals surface area contributed by atoms with Gasteiger partial charge in [0.05, 0.1) is 40.3 Å². The second kappa shape index (κ2) is 32.5. The molecule has 0 aromatic rings. The third-order valence-corrected chi connectivity index (χ3v) is 8.26. The molecule has 0 radical (unpaired) electrons. The van der Waals surface area contributed by atoms with Gasteiger partial charge in [0.2, 0.25) is 0 Å². The molecule has 282 valence electrons. The van der Waals surface area contributed by atoms with E-state index in [0.29, 0.717) is 12.8 Å². The third-order valence-electron chi connectivity index (χ3n) is 8.26. The summed E-state index contributed by atoms with van der Waals surface area (Å²) in [6.07, 6.45) is 35.6. The van der Waals surface area contributed by atoms with Crippen molar-refractivity contribution in [3.8, 4) is 0 Å². The van der Waals surface area contributed by atoms with Gasteiger partial charge in [-0.2, -0.15) is 0 Å². The summed E-state index contributed by atoms with van der Waals surface area (Å²) >= 11 is 0. The van der Waals surface area contributed by atoms with Crippen molar-refractivity contribution >= 4 is 17.9 Å². The number of allylic oxidation sites excluding steroid dienone is 8. The molecule has 0 aromatic heterocycles. The number of carbonyl (C=O) groups is 3. The SMILES string of the molecule is CC/C=C/C=C/C=C/CCCCCCCC(=O)OCC(COCCC(C(=O)[O-])[N+](C)(C)C)OC(=O)CCCCCCC/C=C/CCCCC. The minimum absolute atomic E-state index is 0.0293. The number of carboxylic acids is 1. The first-order chi connectivity index (χ1) is 23.6. The van der Waals surface area contributed by atoms with E-state index in [1.807, 2.05) is 12.2 Å². The molecule has 0 N–H and O–H groups in total. The Morgan fingerprint density at radius 1 is 0.633 bits per heavy atom. The molecule has 2 unspecified atom stereocenters. The van der Waals surface area contributed by atoms with Gasteiger partial charge in [-0.05, 0) is 57.8 Å². The molecule has 0 amide bonds. The van der Waals surface area contributed by atoms with Crippen molar-refractivity contribution in [3.05, 3.63) is 48.6 Å². The molecule has 0 aliphatic rings. The zero-order valence-electron chi connectivity index (χ0n) is 31.8. The molecule has 8 nitrogen and oxygen atoms in total. The first-order valence-corrected chi connectivity index (χ1v) is 19.2. The Morgan fingerprint density at radius 2 is 1.16 bits per heavy atom. The maximum absolute atomic E-state index is 12.6. The number of carbonyl (C=O) groups excluding carboxylic acids is 3. The fraction of sp³-hybridized carbons (Fsp3) is 0.732. The van der Waals surface area contributed by atoms with Crippen molar-refractivity contribution in [2.75, 3.05) is 41.0 Å². The van der Waals surface area contributed by atoms with Crippen LogP contribution in [0.5, 0.6) is 0 Å². The minimum Gasteiger partial charge on any atom is -0.544 e. The second-order valence-corrected chi connectivity index (χ2v) is 13.8. The first kappa shape index (κ1) is 46.3. The van der Waals surface area contributed by atoms with E-state index in [-0.39, 0.29) is 42.7 Å². The zero-order chi connectivity index (χ0) is 36.4. The maximum atomic E-state index is 12.6. The number of likely N-dealkylation sites (N-methyl/N-ethyl adjacent to an activating group) is 1. The molecular formula is C41H71NO7. The van der Waals surface area contributed by atoms with Crippen LogP contribution in [0.2, 0.25) is 0 Å². The van der Waals surface area contributed by atoms with E-state index >= 15 is 0 Å². The van der Waals surface area contributed by atoms with Crippen molar-refractivity contribution in [2.45, 2.75) is 154 Å². The highest BCUT2D eigenvalue weighted by Gasteiger charge is 2.25. The number of unbranched alkanes of at least 4 members (excludes halogenated alkanes) is 13. The normalized spacial score (nSPS) is 13.6. The lowest BCUT2D eigenvalue weighted by molar-refractivity contribution is -0.889. The van der Waals surface area contributed by atoms with E-state index < -0.39 is 18.1 Å². The van der Waals surface area contributed by atoms with E-state index in [1.165, 1.54) is 32.1 Å². The summed E-state index contributed by atoms with van der Waals surface area (Å²) in [7, 11) is 5.38. The largest absolute Gasteiger partial charge is 0.544 e. The van der Waals surface area contributed by atoms with Crippen molar-refractivity contribution in [2.24, 2.45) is 0 Å². The standard InChI is InChI=1S/C41H71NO7/c1-6-8-10-12-14-16-18-20-22-23-25-27-29-31-39(43)48-36-37(35-47-34-33-38(41(45)46)42(3,4)5)49-40(44)32-30-28-26-24-21-19-17-15-13-11-9-7-2/h8,10,12,14-18,37-38H,6-7,9,11,13,19-36H2,1-5H3/b10-8+,14-12+,17-15+,18-16+. The van der Waals surface area contributed by atoms with Crippen LogP contribution >= 0.6 is 0 Å². The van der Waals surface area contributed by atoms with Gasteiger partial charge in [0.15, 0.2) is 6.10 Å². The maximum Gasteiger partial charge on any atom is 0.306 e. The number of carboxylic acid groups (broad SMARTS) is 1. The van der Waals surface area contributed by atoms with Crippen molar-refractivity contribution < 1.29 is 38.2 Å². The Hall–Kier alpha value is -2.71. The molecule has 0 fully saturated rings. The van der Waals surface area contributed by atoms with Gasteiger partial charge < -0.3 is 28.6 Å². The molecule has 0 saturated carbocycles. The molecule has 49 heavy (non-hydrogen) atoms. The smallest absolute Gasteiger partial charge is 0.306 e. The van der Waals surface area contributed by atoms with Gasteiger partial charge in [0, 0.05) is 19.3 Å². The molecule has 8 heteroatoms. The van der Waals surface area contributed by atoms with Gasteiger partial charge in [-0.15, -0.1) is 0 Å². The summed E-state index contributed by atoms with van der Waals surface area (Å²) < 4.78 is 17.0. The monoisotopic (exact) mass is 690 g/mol. The zero-order valence-corrected chi connectivity index (χ0v) is 31.8. The Morgan fingerprint density at radius 3 is 1.73 bits per heavy atom. The van der Waals surface area contributed by atoms with Crippen LogP contribution in [0, 0.1) is 0 Å². The second-order valence-electron chi connectivity index (χ2n) is 13.8. The van der Waals surface area contributed by atoms with Gasteiger partial charge in [-0.3, -0.25) is 9.59 Å². The quantitative estimate of drug-likeness (QED) is 0.0224. The molecule has 0 aliphatic heterocycles. The van der Waals surface area contributed by atoms with Crippen LogP contribution in [-0.4, -0.2) is 75.5 Å². The van der Waals surface area contributed by atoms with Crippen LogP contribution < -0.4 is 5.11 Å². The third kappa shape index (κ3) is 31.0. The average Bonchev–Trinajstić information content (AvgIpc) is 3.05. The van der Waals surface area contributed by atoms with Crippen molar-refractivity contribution in [3.63, 3.8) is 0 Å². The Bertz CT molecular complexity index is 948. The molecule has 2 atom stereocenters. The van der Waals surface area contributed by atoms with Crippen LogP contribution in [-0.2, 0) is 28.6 Å². The predicted octanol–water partition coefficient (Wildman–Crippen LogP) is 8.35. The molecule has 0 bridgehead atoms. The summed E-state index contributed by atoms with van der Waals surface area (Å²) in [6.45, 7) is 4.45. The number of ether oxygens (including phenoxy) is 3. The summed E-state index contributed by atoms with van der Waals surface area (Å²) in [5, 5.41) is 11.6. The fourth-order valence-electron chi connectivity index (χ4n) is 5.24. The van der Waals surface area contributed by atoms with Crippen LogP contribution in [0.25, 0.3) is 0 Å². The van der Waals surface area contributed by atoms with E-state index in [2.05, 4.69) is 50.3 Å². The molecule has 0 heterocycles. The number of rotatable bonds is 33. The van der Waals surface area contributed by atoms with E-state index in [9.17, 15) is 19.5 Å². The van der Waals surface area contributed by atoms with Crippen LogP contribution in [0.15, 0.2) is 48.6 Å². The van der Waals surface area contributed by atoms with Gasteiger partial charge in [0.1, 0.15) is 12.6 Å². The first-order valence-electron chi connectivity index (χ1n) is 19.2. The molecule has 0 spiro atoms. The van der Waals surface area contributed by atoms with Crippen LogP contribution in [0.3, 0.4) is 0 Å². The Kier molecular flexibility index (Phi) is 30.7. The number of nitrogens with zero attached hydrogens (tertiary/aromatic N) is 1. The van der Waals surface area contributed by atoms with E-state index in [0.717, 1.165) is 77.0 Å². The molecule has 0 rings (SSSR count). The van der Waals surface area contributed by atoms with Gasteiger partial charge >= 0.3 is 11.9 Å². The predicted molar refractivity (Wildman–Crippen MR) is 199 cm³/mol. The van der Waals surface area contributed by atoms with Crippen molar-refractivity contribution in [1.82, 2.24) is 0 Å².